The van der Waals surface area contributed by atoms with Gasteiger partial charge < -0.3 is 15.0 Å². The predicted molar refractivity (Wildman–Crippen MR) is 158 cm³/mol. The Morgan fingerprint density at radius 3 is 2.60 bits per heavy atom. The number of carbonyl (C=O) groups excluding carboxylic acids is 2. The highest BCUT2D eigenvalue weighted by Crippen LogP contribution is 2.67. The fourth-order valence-corrected chi connectivity index (χ4v) is 10.5. The van der Waals surface area contributed by atoms with Gasteiger partial charge in [-0.2, -0.15) is 0 Å². The van der Waals surface area contributed by atoms with Crippen LogP contribution < -0.4 is 5.32 Å². The van der Waals surface area contributed by atoms with Gasteiger partial charge in [0.1, 0.15) is 5.78 Å². The second-order valence-corrected chi connectivity index (χ2v) is 14.6. The fraction of sp³-hybridized carbons (Fsp3) is 0.771. The third-order valence-corrected chi connectivity index (χ3v) is 12.9. The quantitative estimate of drug-likeness (QED) is 0.437. The van der Waals surface area contributed by atoms with Gasteiger partial charge in [0, 0.05) is 43.9 Å². The number of nitrogens with zero attached hydrogens (tertiary/aromatic N) is 1. The molecule has 6 rings (SSSR count). The van der Waals surface area contributed by atoms with Gasteiger partial charge >= 0.3 is 0 Å². The van der Waals surface area contributed by atoms with Gasteiger partial charge in [0.15, 0.2) is 0 Å². The smallest absolute Gasteiger partial charge is 0.222 e. The van der Waals surface area contributed by atoms with Crippen LogP contribution in [-0.4, -0.2) is 48.9 Å². The molecule has 5 aliphatic rings. The SMILES string of the molecule is C[C@H](CCC(=O)N1CCOCC1)[C@H]1CC[C@H]2[C@@H]3CC[C@@H]4C[C@@H](NCc5ccccc5)CC[C@]4(C)[C@H]3CC(=O)[C@]12C. The molecule has 0 bridgehead atoms. The molecule has 1 heterocycles. The maximum absolute atomic E-state index is 14.2. The van der Waals surface area contributed by atoms with E-state index in [2.05, 4.69) is 56.4 Å². The minimum absolute atomic E-state index is 0.194. The van der Waals surface area contributed by atoms with Crippen molar-refractivity contribution in [3.63, 3.8) is 0 Å². The summed E-state index contributed by atoms with van der Waals surface area (Å²) in [6.45, 7) is 10.9. The molecule has 5 nitrogen and oxygen atoms in total. The Balaban J connectivity index is 1.09. The van der Waals surface area contributed by atoms with E-state index in [4.69, 9.17) is 4.74 Å². The molecule has 5 heteroatoms. The first-order valence-electron chi connectivity index (χ1n) is 16.5. The number of benzene rings is 1. The van der Waals surface area contributed by atoms with Crippen molar-refractivity contribution in [2.24, 2.45) is 46.3 Å². The molecule has 4 saturated carbocycles. The number of fused-ring (bicyclic) bond motifs is 5. The minimum Gasteiger partial charge on any atom is -0.378 e. The van der Waals surface area contributed by atoms with Crippen LogP contribution in [0.2, 0.25) is 0 Å². The van der Waals surface area contributed by atoms with E-state index < -0.39 is 0 Å². The Labute approximate surface area is 242 Å². The minimum atomic E-state index is -0.194. The van der Waals surface area contributed by atoms with Gasteiger partial charge in [-0.15, -0.1) is 0 Å². The van der Waals surface area contributed by atoms with Crippen molar-refractivity contribution in [1.29, 1.82) is 0 Å². The van der Waals surface area contributed by atoms with Crippen LogP contribution in [0, 0.1) is 46.3 Å². The first-order chi connectivity index (χ1) is 19.3. The Kier molecular flexibility index (Phi) is 8.18. The highest BCUT2D eigenvalue weighted by molar-refractivity contribution is 5.87. The zero-order chi connectivity index (χ0) is 27.9. The van der Waals surface area contributed by atoms with E-state index in [1.165, 1.54) is 44.1 Å². The summed E-state index contributed by atoms with van der Waals surface area (Å²) in [6, 6.07) is 11.4. The van der Waals surface area contributed by atoms with E-state index in [-0.39, 0.29) is 11.3 Å². The van der Waals surface area contributed by atoms with E-state index >= 15 is 0 Å². The van der Waals surface area contributed by atoms with Crippen LogP contribution in [-0.2, 0) is 20.9 Å². The number of Topliss-reactive ketones (excluding diaryl/α,β-unsaturated/α-hetero) is 1. The molecule has 40 heavy (non-hydrogen) atoms. The molecule has 0 unspecified atom stereocenters. The topological polar surface area (TPSA) is 58.6 Å². The number of nitrogens with one attached hydrogen (secondary N) is 1. The van der Waals surface area contributed by atoms with Gasteiger partial charge in [0.2, 0.25) is 5.91 Å². The Morgan fingerprint density at radius 1 is 1.05 bits per heavy atom. The molecule has 1 aromatic rings. The van der Waals surface area contributed by atoms with Crippen molar-refractivity contribution in [3.8, 4) is 0 Å². The zero-order valence-electron chi connectivity index (χ0n) is 25.2. The second-order valence-electron chi connectivity index (χ2n) is 14.6. The summed E-state index contributed by atoms with van der Waals surface area (Å²) < 4.78 is 5.42. The van der Waals surface area contributed by atoms with Crippen LogP contribution in [0.25, 0.3) is 0 Å². The summed E-state index contributed by atoms with van der Waals surface area (Å²) in [5, 5.41) is 3.87. The molecule has 0 radical (unpaired) electrons. The molecule has 5 fully saturated rings. The van der Waals surface area contributed by atoms with Crippen molar-refractivity contribution in [3.05, 3.63) is 35.9 Å². The molecule has 9 atom stereocenters. The average molecular weight is 549 g/mol. The van der Waals surface area contributed by atoms with Crippen LogP contribution in [0.5, 0.6) is 0 Å². The second kappa shape index (κ2) is 11.5. The Hall–Kier alpha value is -1.72. The third kappa shape index (κ3) is 5.08. The number of amides is 1. The van der Waals surface area contributed by atoms with E-state index in [0.717, 1.165) is 44.8 Å². The number of carbonyl (C=O) groups is 2. The summed E-state index contributed by atoms with van der Waals surface area (Å²) in [5.41, 5.74) is 1.48. The number of ether oxygens (including phenoxy) is 1. The molecule has 220 valence electrons. The van der Waals surface area contributed by atoms with Crippen LogP contribution in [0.15, 0.2) is 30.3 Å². The molecule has 1 saturated heterocycles. The summed E-state index contributed by atoms with van der Waals surface area (Å²) in [7, 11) is 0. The number of rotatable bonds is 7. The van der Waals surface area contributed by atoms with Gasteiger partial charge in [-0.3, -0.25) is 9.59 Å². The van der Waals surface area contributed by atoms with Crippen molar-refractivity contribution < 1.29 is 14.3 Å². The largest absolute Gasteiger partial charge is 0.378 e. The predicted octanol–water partition coefficient (Wildman–Crippen LogP) is 6.26. The summed E-state index contributed by atoms with van der Waals surface area (Å²) in [4.78, 5) is 29.0. The van der Waals surface area contributed by atoms with E-state index in [1.807, 2.05) is 4.90 Å². The third-order valence-electron chi connectivity index (χ3n) is 12.9. The molecule has 4 aliphatic carbocycles. The number of hydrogen-bond donors (Lipinski definition) is 1. The highest BCUT2D eigenvalue weighted by Gasteiger charge is 2.63. The first kappa shape index (κ1) is 28.4. The van der Waals surface area contributed by atoms with Gasteiger partial charge in [-0.05, 0) is 97.9 Å². The number of ketones is 1. The monoisotopic (exact) mass is 548 g/mol. The molecule has 1 aromatic carbocycles. The van der Waals surface area contributed by atoms with Gasteiger partial charge in [0.25, 0.3) is 0 Å². The van der Waals surface area contributed by atoms with Gasteiger partial charge in [0.05, 0.1) is 13.2 Å². The van der Waals surface area contributed by atoms with E-state index in [1.54, 1.807) is 0 Å². The maximum Gasteiger partial charge on any atom is 0.222 e. The van der Waals surface area contributed by atoms with E-state index in [0.29, 0.717) is 66.5 Å². The molecular weight excluding hydrogens is 496 g/mol. The lowest BCUT2D eigenvalue weighted by atomic mass is 9.44. The molecular formula is C35H52N2O3. The van der Waals surface area contributed by atoms with Crippen molar-refractivity contribution in [2.45, 2.75) is 97.6 Å². The highest BCUT2D eigenvalue weighted by atomic mass is 16.5. The lowest BCUT2D eigenvalue weighted by molar-refractivity contribution is -0.158. The summed E-state index contributed by atoms with van der Waals surface area (Å²) >= 11 is 0. The lowest BCUT2D eigenvalue weighted by Gasteiger charge is -2.60. The van der Waals surface area contributed by atoms with Gasteiger partial charge in [-0.25, -0.2) is 0 Å². The van der Waals surface area contributed by atoms with Crippen LogP contribution >= 0.6 is 0 Å². The summed E-state index contributed by atoms with van der Waals surface area (Å²) in [6.07, 6.45) is 11.1. The molecule has 0 aromatic heterocycles. The Morgan fingerprint density at radius 2 is 1.82 bits per heavy atom. The van der Waals surface area contributed by atoms with Gasteiger partial charge in [-0.1, -0.05) is 51.1 Å². The van der Waals surface area contributed by atoms with E-state index in [9.17, 15) is 9.59 Å². The fourth-order valence-electron chi connectivity index (χ4n) is 10.5. The summed E-state index contributed by atoms with van der Waals surface area (Å²) in [5.74, 6) is 4.19. The standard InChI is InChI=1S/C35H52N2O3/c1-24(9-14-33(39)37-17-19-40-20-18-37)29-12-13-30-28-11-10-26-21-27(36-23-25-7-5-4-6-8-25)15-16-34(26,2)31(28)22-32(38)35(29,30)3/h4-8,24,26-31,36H,9-23H2,1-3H3/t24-,26-,27+,28+,29-,30+,31+,34+,35-/m1/s1. The molecule has 0 spiro atoms. The number of morpholine rings is 1. The number of hydrogen-bond acceptors (Lipinski definition) is 4. The van der Waals surface area contributed by atoms with Crippen molar-refractivity contribution in [1.82, 2.24) is 10.2 Å². The van der Waals surface area contributed by atoms with Crippen LogP contribution in [0.4, 0.5) is 0 Å². The lowest BCUT2D eigenvalue weighted by Crippen LogP contribution is -2.58. The molecule has 1 amide bonds. The molecule has 1 N–H and O–H groups in total. The zero-order valence-corrected chi connectivity index (χ0v) is 25.2. The van der Waals surface area contributed by atoms with Crippen LogP contribution in [0.1, 0.15) is 90.5 Å². The van der Waals surface area contributed by atoms with Crippen LogP contribution in [0.3, 0.4) is 0 Å². The first-order valence-corrected chi connectivity index (χ1v) is 16.5. The molecule has 1 aliphatic heterocycles. The average Bonchev–Trinajstić information content (AvgIpc) is 3.35. The van der Waals surface area contributed by atoms with Crippen molar-refractivity contribution >= 4 is 11.7 Å². The Bertz CT molecular complexity index is 1050. The van der Waals surface area contributed by atoms with Crippen molar-refractivity contribution in [2.75, 3.05) is 26.3 Å². The maximum atomic E-state index is 14.2. The normalized spacial score (nSPS) is 40.2.